The molecular weight excluding hydrogens is 302 g/mol. The van der Waals surface area contributed by atoms with Crippen LogP contribution in [0, 0.1) is 24.0 Å². The second-order valence-electron chi connectivity index (χ2n) is 4.23. The molecule has 2 heterocycles. The normalized spacial score (nSPS) is 12.2. The second kappa shape index (κ2) is 5.68. The zero-order valence-corrected chi connectivity index (χ0v) is 12.6. The average molecular weight is 314 g/mol. The first-order chi connectivity index (χ1) is 9.38. The molecule has 0 saturated heterocycles. The van der Waals surface area contributed by atoms with Crippen molar-refractivity contribution in [1.29, 1.82) is 0 Å². The zero-order chi connectivity index (χ0) is 14.9. The van der Waals surface area contributed by atoms with Crippen molar-refractivity contribution in [1.82, 2.24) is 15.0 Å². The summed E-state index contributed by atoms with van der Waals surface area (Å²) in [5.41, 5.74) is 0.958. The number of hydrogen-bond acceptors (Lipinski definition) is 7. The van der Waals surface area contributed by atoms with Gasteiger partial charge in [-0.25, -0.2) is 9.97 Å². The Morgan fingerprint density at radius 3 is 2.65 bits per heavy atom. The fourth-order valence-electron chi connectivity index (χ4n) is 1.69. The summed E-state index contributed by atoms with van der Waals surface area (Å²) in [7, 11) is 0. The van der Waals surface area contributed by atoms with E-state index in [1.54, 1.807) is 0 Å². The third-order valence-corrected chi connectivity index (χ3v) is 3.89. The molecular formula is C11H12ClN5O2S. The fourth-order valence-corrected chi connectivity index (χ4v) is 2.71. The fraction of sp³-hybridized carbons (Fsp3) is 0.364. The van der Waals surface area contributed by atoms with Gasteiger partial charge in [0.2, 0.25) is 11.1 Å². The van der Waals surface area contributed by atoms with Gasteiger partial charge in [-0.1, -0.05) is 0 Å². The molecule has 106 valence electrons. The summed E-state index contributed by atoms with van der Waals surface area (Å²) in [5, 5.41) is 16.8. The summed E-state index contributed by atoms with van der Waals surface area (Å²) in [6, 6.07) is -0.210. The lowest BCUT2D eigenvalue weighted by Crippen LogP contribution is -2.11. The number of nitro groups is 1. The van der Waals surface area contributed by atoms with Crippen molar-refractivity contribution in [3.63, 3.8) is 0 Å². The molecule has 0 fully saturated rings. The van der Waals surface area contributed by atoms with Gasteiger partial charge in [-0.05, 0) is 32.4 Å². The van der Waals surface area contributed by atoms with E-state index in [0.29, 0.717) is 0 Å². The lowest BCUT2D eigenvalue weighted by atomic mass is 10.3. The summed E-state index contributed by atoms with van der Waals surface area (Å²) in [5.74, 6) is 0.104. The molecule has 0 aromatic carbocycles. The van der Waals surface area contributed by atoms with Gasteiger partial charge in [-0.3, -0.25) is 10.1 Å². The second-order valence-corrected chi connectivity index (χ2v) is 5.45. The maximum atomic E-state index is 11.1. The van der Waals surface area contributed by atoms with Gasteiger partial charge < -0.3 is 5.32 Å². The molecule has 1 N–H and O–H groups in total. The van der Waals surface area contributed by atoms with Crippen LogP contribution in [0.5, 0.6) is 0 Å². The molecule has 9 heteroatoms. The van der Waals surface area contributed by atoms with Crippen LogP contribution >= 0.6 is 22.9 Å². The number of hydrogen-bond donors (Lipinski definition) is 1. The Balaban J connectivity index is 2.35. The Morgan fingerprint density at radius 2 is 2.10 bits per heavy atom. The van der Waals surface area contributed by atoms with Crippen molar-refractivity contribution >= 4 is 34.4 Å². The first-order valence-corrected chi connectivity index (χ1v) is 7.01. The number of thiazole rings is 1. The Morgan fingerprint density at radius 1 is 1.40 bits per heavy atom. The minimum absolute atomic E-state index is 0.0295. The van der Waals surface area contributed by atoms with E-state index in [1.807, 2.05) is 19.2 Å². The number of nitrogens with zero attached hydrogens (tertiary/aromatic N) is 4. The van der Waals surface area contributed by atoms with Crippen molar-refractivity contribution in [2.75, 3.05) is 5.32 Å². The monoisotopic (exact) mass is 313 g/mol. The van der Waals surface area contributed by atoms with Crippen molar-refractivity contribution in [3.05, 3.63) is 37.2 Å². The number of aromatic nitrogens is 3. The average Bonchev–Trinajstić information content (AvgIpc) is 2.74. The van der Waals surface area contributed by atoms with Crippen molar-refractivity contribution in [2.45, 2.75) is 26.8 Å². The molecule has 1 atom stereocenters. The molecule has 2 aromatic rings. The Bertz CT molecular complexity index is 660. The maximum absolute atomic E-state index is 11.1. The van der Waals surface area contributed by atoms with Gasteiger partial charge in [-0.2, -0.15) is 4.98 Å². The number of anilines is 1. The quantitative estimate of drug-likeness (QED) is 0.529. The summed E-state index contributed by atoms with van der Waals surface area (Å²) in [6.45, 7) is 5.27. The summed E-state index contributed by atoms with van der Waals surface area (Å²) in [4.78, 5) is 22.6. The number of aryl methyl sites for hydroxylation is 2. The van der Waals surface area contributed by atoms with Gasteiger partial charge in [0.05, 0.1) is 11.0 Å². The van der Waals surface area contributed by atoms with Gasteiger partial charge >= 0.3 is 5.69 Å². The Hall–Kier alpha value is -1.80. The maximum Gasteiger partial charge on any atom is 0.332 e. The van der Waals surface area contributed by atoms with Crippen LogP contribution < -0.4 is 5.32 Å². The van der Waals surface area contributed by atoms with Gasteiger partial charge in [0.15, 0.2) is 0 Å². The van der Waals surface area contributed by atoms with Crippen LogP contribution in [-0.2, 0) is 0 Å². The van der Waals surface area contributed by atoms with Crippen LogP contribution in [0.1, 0.15) is 29.4 Å². The topological polar surface area (TPSA) is 93.8 Å². The van der Waals surface area contributed by atoms with Crippen LogP contribution in [0.4, 0.5) is 11.5 Å². The van der Waals surface area contributed by atoms with Crippen molar-refractivity contribution in [3.8, 4) is 0 Å². The van der Waals surface area contributed by atoms with E-state index in [2.05, 4.69) is 20.3 Å². The van der Waals surface area contributed by atoms with Crippen LogP contribution in [-0.4, -0.2) is 19.9 Å². The van der Waals surface area contributed by atoms with Crippen LogP contribution in [0.25, 0.3) is 0 Å². The molecule has 0 radical (unpaired) electrons. The molecule has 1 unspecified atom stereocenters. The number of nitrogens with one attached hydrogen (secondary N) is 1. The third kappa shape index (κ3) is 3.02. The molecule has 0 aliphatic rings. The molecule has 0 aliphatic heterocycles. The molecule has 0 amide bonds. The molecule has 2 aromatic heterocycles. The zero-order valence-electron chi connectivity index (χ0n) is 11.0. The van der Waals surface area contributed by atoms with Crippen molar-refractivity contribution < 1.29 is 4.92 Å². The van der Waals surface area contributed by atoms with E-state index in [4.69, 9.17) is 11.6 Å². The molecule has 2 rings (SSSR count). The lowest BCUT2D eigenvalue weighted by molar-refractivity contribution is -0.385. The smallest absolute Gasteiger partial charge is 0.332 e. The van der Waals surface area contributed by atoms with E-state index >= 15 is 0 Å². The van der Waals surface area contributed by atoms with E-state index in [-0.39, 0.29) is 28.5 Å². The highest BCUT2D eigenvalue weighted by molar-refractivity contribution is 7.09. The first kappa shape index (κ1) is 14.6. The Labute approximate surface area is 124 Å². The molecule has 0 spiro atoms. The standard InChI is InChI=1S/C11H12ClN5O2S/c1-5-4-20-10(13-5)7(3)14-9-8(17(18)19)6(2)15-11(12)16-9/h4,7H,1-3H3,(H,14,15,16). The molecule has 0 saturated carbocycles. The highest BCUT2D eigenvalue weighted by atomic mass is 35.5. The van der Waals surface area contributed by atoms with Gasteiger partial charge in [0.25, 0.3) is 0 Å². The van der Waals surface area contributed by atoms with Crippen LogP contribution in [0.2, 0.25) is 5.28 Å². The van der Waals surface area contributed by atoms with Gasteiger partial charge in [0, 0.05) is 11.1 Å². The SMILES string of the molecule is Cc1csc(C(C)Nc2nc(Cl)nc(C)c2[N+](=O)[O-])n1. The highest BCUT2D eigenvalue weighted by Crippen LogP contribution is 2.30. The summed E-state index contributed by atoms with van der Waals surface area (Å²) >= 11 is 7.24. The van der Waals surface area contributed by atoms with E-state index in [9.17, 15) is 10.1 Å². The first-order valence-electron chi connectivity index (χ1n) is 5.75. The highest BCUT2D eigenvalue weighted by Gasteiger charge is 2.23. The predicted octanol–water partition coefficient (Wildman–Crippen LogP) is 3.28. The molecule has 20 heavy (non-hydrogen) atoms. The van der Waals surface area contributed by atoms with E-state index in [1.165, 1.54) is 18.3 Å². The minimum atomic E-state index is -0.520. The summed E-state index contributed by atoms with van der Waals surface area (Å²) < 4.78 is 0. The molecule has 0 bridgehead atoms. The van der Waals surface area contributed by atoms with E-state index in [0.717, 1.165) is 10.7 Å². The van der Waals surface area contributed by atoms with E-state index < -0.39 is 4.92 Å². The van der Waals surface area contributed by atoms with Gasteiger partial charge in [0.1, 0.15) is 10.7 Å². The molecule has 7 nitrogen and oxygen atoms in total. The van der Waals surface area contributed by atoms with Crippen molar-refractivity contribution in [2.24, 2.45) is 0 Å². The van der Waals surface area contributed by atoms with Crippen LogP contribution in [0.3, 0.4) is 0 Å². The number of halogens is 1. The lowest BCUT2D eigenvalue weighted by Gasteiger charge is -2.12. The predicted molar refractivity (Wildman–Crippen MR) is 77.3 cm³/mol. The molecule has 0 aliphatic carbocycles. The third-order valence-electron chi connectivity index (χ3n) is 2.57. The summed E-state index contributed by atoms with van der Waals surface area (Å²) in [6.07, 6.45) is 0. The van der Waals surface area contributed by atoms with Crippen LogP contribution in [0.15, 0.2) is 5.38 Å². The van der Waals surface area contributed by atoms with Gasteiger partial charge in [-0.15, -0.1) is 11.3 Å². The largest absolute Gasteiger partial charge is 0.355 e. The Kier molecular flexibility index (Phi) is 4.15. The minimum Gasteiger partial charge on any atom is -0.355 e. The number of rotatable bonds is 4.